The lowest BCUT2D eigenvalue weighted by atomic mass is 10.2. The van der Waals surface area contributed by atoms with E-state index in [1.165, 1.54) is 4.90 Å². The fraction of sp³-hybridized carbons (Fsp3) is 0.263. The zero-order valence-corrected chi connectivity index (χ0v) is 15.4. The summed E-state index contributed by atoms with van der Waals surface area (Å²) in [4.78, 5) is 25.5. The van der Waals surface area contributed by atoms with Crippen LogP contribution >= 0.6 is 11.6 Å². The molecule has 0 aliphatic carbocycles. The first kappa shape index (κ1) is 19.6. The Morgan fingerprint density at radius 3 is 2.42 bits per heavy atom. The van der Waals surface area contributed by atoms with Crippen molar-refractivity contribution in [3.05, 3.63) is 53.6 Å². The number of benzene rings is 2. The van der Waals surface area contributed by atoms with Gasteiger partial charge >= 0.3 is 0 Å². The largest absolute Gasteiger partial charge is 0.497 e. The molecule has 0 radical (unpaired) electrons. The maximum atomic E-state index is 12.9. The molecule has 2 amide bonds. The summed E-state index contributed by atoms with van der Waals surface area (Å²) in [6, 6.07) is 13.8. The standard InChI is InChI=1S/C19H21ClN2O4/c1-13(26-17-5-3-4-14(20)12-17)19(24)22(11-10-18(21)23)15-6-8-16(25-2)9-7-15/h3-9,12-13H,10-11H2,1-2H3,(H2,21,23). The Morgan fingerprint density at radius 2 is 1.85 bits per heavy atom. The first-order valence-electron chi connectivity index (χ1n) is 8.06. The summed E-state index contributed by atoms with van der Waals surface area (Å²) >= 11 is 5.94. The zero-order chi connectivity index (χ0) is 19.1. The van der Waals surface area contributed by atoms with Crippen molar-refractivity contribution in [3.8, 4) is 11.5 Å². The highest BCUT2D eigenvalue weighted by molar-refractivity contribution is 6.30. The van der Waals surface area contributed by atoms with E-state index in [2.05, 4.69) is 0 Å². The lowest BCUT2D eigenvalue weighted by Crippen LogP contribution is -2.42. The number of ether oxygens (including phenoxy) is 2. The van der Waals surface area contributed by atoms with E-state index in [1.807, 2.05) is 0 Å². The van der Waals surface area contributed by atoms with E-state index >= 15 is 0 Å². The van der Waals surface area contributed by atoms with Crippen LogP contribution in [0.15, 0.2) is 48.5 Å². The van der Waals surface area contributed by atoms with Crippen LogP contribution in [0.1, 0.15) is 13.3 Å². The van der Waals surface area contributed by atoms with Crippen LogP contribution in [0.4, 0.5) is 5.69 Å². The number of methoxy groups -OCH3 is 1. The van der Waals surface area contributed by atoms with Gasteiger partial charge in [0, 0.05) is 23.7 Å². The van der Waals surface area contributed by atoms with E-state index in [-0.39, 0.29) is 18.9 Å². The summed E-state index contributed by atoms with van der Waals surface area (Å²) in [5.74, 6) is 0.373. The van der Waals surface area contributed by atoms with Crippen LogP contribution in [0, 0.1) is 0 Å². The molecular weight excluding hydrogens is 356 g/mol. The van der Waals surface area contributed by atoms with Gasteiger partial charge in [0.15, 0.2) is 6.10 Å². The van der Waals surface area contributed by atoms with Crippen LogP contribution in [0.3, 0.4) is 0 Å². The number of anilines is 1. The highest BCUT2D eigenvalue weighted by Crippen LogP contribution is 2.23. The lowest BCUT2D eigenvalue weighted by molar-refractivity contribution is -0.124. The molecule has 7 heteroatoms. The number of rotatable bonds is 8. The fourth-order valence-corrected chi connectivity index (χ4v) is 2.55. The van der Waals surface area contributed by atoms with Gasteiger partial charge in [-0.15, -0.1) is 0 Å². The quantitative estimate of drug-likeness (QED) is 0.767. The molecule has 0 bridgehead atoms. The van der Waals surface area contributed by atoms with Crippen molar-refractivity contribution in [1.82, 2.24) is 0 Å². The Morgan fingerprint density at radius 1 is 1.15 bits per heavy atom. The molecule has 0 aromatic heterocycles. The highest BCUT2D eigenvalue weighted by Gasteiger charge is 2.24. The molecule has 26 heavy (non-hydrogen) atoms. The molecular formula is C19H21ClN2O4. The van der Waals surface area contributed by atoms with Gasteiger partial charge in [0.1, 0.15) is 11.5 Å². The molecule has 0 aliphatic rings. The number of amides is 2. The third kappa shape index (κ3) is 5.39. The predicted molar refractivity (Wildman–Crippen MR) is 101 cm³/mol. The number of nitrogens with two attached hydrogens (primary N) is 1. The molecule has 1 unspecified atom stereocenters. The topological polar surface area (TPSA) is 81.9 Å². The SMILES string of the molecule is COc1ccc(N(CCC(N)=O)C(=O)C(C)Oc2cccc(Cl)c2)cc1. The Hall–Kier alpha value is -2.73. The number of primary amides is 1. The van der Waals surface area contributed by atoms with Crippen molar-refractivity contribution in [2.45, 2.75) is 19.4 Å². The fourth-order valence-electron chi connectivity index (χ4n) is 2.36. The van der Waals surface area contributed by atoms with Gasteiger partial charge in [0.2, 0.25) is 5.91 Å². The summed E-state index contributed by atoms with van der Waals surface area (Å²) in [5.41, 5.74) is 5.86. The van der Waals surface area contributed by atoms with E-state index in [4.69, 9.17) is 26.8 Å². The molecule has 0 fully saturated rings. The van der Waals surface area contributed by atoms with Crippen molar-refractivity contribution in [2.75, 3.05) is 18.6 Å². The second kappa shape index (κ2) is 9.10. The van der Waals surface area contributed by atoms with Crippen molar-refractivity contribution in [2.24, 2.45) is 5.73 Å². The average Bonchev–Trinajstić information content (AvgIpc) is 2.62. The number of hydrogen-bond acceptors (Lipinski definition) is 4. The van der Waals surface area contributed by atoms with Crippen LogP contribution in [-0.2, 0) is 9.59 Å². The first-order chi connectivity index (χ1) is 12.4. The smallest absolute Gasteiger partial charge is 0.267 e. The van der Waals surface area contributed by atoms with Crippen molar-refractivity contribution in [1.29, 1.82) is 0 Å². The van der Waals surface area contributed by atoms with Crippen LogP contribution in [-0.4, -0.2) is 31.6 Å². The second-order valence-corrected chi connectivity index (χ2v) is 6.06. The highest BCUT2D eigenvalue weighted by atomic mass is 35.5. The molecule has 0 saturated heterocycles. The third-order valence-corrected chi connectivity index (χ3v) is 3.92. The number of nitrogens with zero attached hydrogens (tertiary/aromatic N) is 1. The van der Waals surface area contributed by atoms with Gasteiger partial charge in [0.25, 0.3) is 5.91 Å². The van der Waals surface area contributed by atoms with Gasteiger partial charge in [-0.25, -0.2) is 0 Å². The Kier molecular flexibility index (Phi) is 6.86. The van der Waals surface area contributed by atoms with Gasteiger partial charge in [-0.2, -0.15) is 0 Å². The number of carbonyl (C=O) groups is 2. The number of hydrogen-bond donors (Lipinski definition) is 1. The lowest BCUT2D eigenvalue weighted by Gasteiger charge is -2.26. The molecule has 0 aliphatic heterocycles. The summed E-state index contributed by atoms with van der Waals surface area (Å²) < 4.78 is 10.8. The van der Waals surface area contributed by atoms with Crippen molar-refractivity contribution < 1.29 is 19.1 Å². The monoisotopic (exact) mass is 376 g/mol. The maximum absolute atomic E-state index is 12.9. The normalized spacial score (nSPS) is 11.5. The molecule has 2 aromatic rings. The van der Waals surface area contributed by atoms with Gasteiger partial charge in [-0.1, -0.05) is 17.7 Å². The minimum Gasteiger partial charge on any atom is -0.497 e. The maximum Gasteiger partial charge on any atom is 0.267 e. The van der Waals surface area contributed by atoms with Crippen LogP contribution in [0.25, 0.3) is 0 Å². The Labute approximate surface area is 157 Å². The first-order valence-corrected chi connectivity index (χ1v) is 8.44. The summed E-state index contributed by atoms with van der Waals surface area (Å²) in [6.07, 6.45) is -0.731. The van der Waals surface area contributed by atoms with E-state index in [9.17, 15) is 9.59 Å². The zero-order valence-electron chi connectivity index (χ0n) is 14.6. The minimum atomic E-state index is -0.775. The Balaban J connectivity index is 2.18. The van der Waals surface area contributed by atoms with Crippen LogP contribution in [0.2, 0.25) is 5.02 Å². The number of halogens is 1. The number of carbonyl (C=O) groups excluding carboxylic acids is 2. The van der Waals surface area contributed by atoms with Crippen molar-refractivity contribution in [3.63, 3.8) is 0 Å². The molecule has 1 atom stereocenters. The van der Waals surface area contributed by atoms with Gasteiger partial charge < -0.3 is 20.1 Å². The Bertz CT molecular complexity index is 764. The van der Waals surface area contributed by atoms with Gasteiger partial charge in [-0.05, 0) is 49.4 Å². The minimum absolute atomic E-state index is 0.0433. The summed E-state index contributed by atoms with van der Waals surface area (Å²) in [5, 5.41) is 0.517. The van der Waals surface area contributed by atoms with Crippen LogP contribution < -0.4 is 20.1 Å². The van der Waals surface area contributed by atoms with Gasteiger partial charge in [-0.3, -0.25) is 9.59 Å². The molecule has 138 valence electrons. The van der Waals surface area contributed by atoms with Crippen molar-refractivity contribution >= 4 is 29.1 Å². The average molecular weight is 377 g/mol. The molecule has 2 rings (SSSR count). The summed E-state index contributed by atoms with van der Waals surface area (Å²) in [6.45, 7) is 1.80. The molecule has 2 N–H and O–H groups in total. The molecule has 0 heterocycles. The van der Waals surface area contributed by atoms with Crippen LogP contribution in [0.5, 0.6) is 11.5 Å². The van der Waals surface area contributed by atoms with E-state index in [0.717, 1.165) is 0 Å². The van der Waals surface area contributed by atoms with E-state index in [0.29, 0.717) is 22.2 Å². The third-order valence-electron chi connectivity index (χ3n) is 3.69. The van der Waals surface area contributed by atoms with E-state index < -0.39 is 12.0 Å². The van der Waals surface area contributed by atoms with E-state index in [1.54, 1.807) is 62.6 Å². The molecule has 0 spiro atoms. The summed E-state index contributed by atoms with van der Waals surface area (Å²) in [7, 11) is 1.56. The predicted octanol–water partition coefficient (Wildman–Crippen LogP) is 3.02. The second-order valence-electron chi connectivity index (χ2n) is 5.62. The molecule has 0 saturated carbocycles. The molecule has 6 nitrogen and oxygen atoms in total. The van der Waals surface area contributed by atoms with Gasteiger partial charge in [0.05, 0.1) is 7.11 Å². The molecule has 2 aromatic carbocycles.